The molecule has 5 nitrogen and oxygen atoms in total. The molecule has 2 aromatic carbocycles. The summed E-state index contributed by atoms with van der Waals surface area (Å²) in [7, 11) is 0. The lowest BCUT2D eigenvalue weighted by Gasteiger charge is -2.30. The molecule has 3 rings (SSSR count). The lowest BCUT2D eigenvalue weighted by atomic mass is 10.1. The Bertz CT molecular complexity index is 974. The van der Waals surface area contributed by atoms with Gasteiger partial charge in [-0.05, 0) is 74.6 Å². The minimum absolute atomic E-state index is 0.165. The SMILES string of the molecule is Cc1ccc(OCC(=O)N(Cc2ccc(Cl)cc2Cl)C(C)C(=O)NC2CCCC2)cc1C. The van der Waals surface area contributed by atoms with Gasteiger partial charge in [-0.25, -0.2) is 0 Å². The van der Waals surface area contributed by atoms with Crippen LogP contribution in [0.5, 0.6) is 5.75 Å². The van der Waals surface area contributed by atoms with Crippen LogP contribution in [-0.4, -0.2) is 35.4 Å². The van der Waals surface area contributed by atoms with Gasteiger partial charge >= 0.3 is 0 Å². The van der Waals surface area contributed by atoms with Crippen molar-refractivity contribution in [3.63, 3.8) is 0 Å². The van der Waals surface area contributed by atoms with E-state index >= 15 is 0 Å². The zero-order chi connectivity index (χ0) is 23.3. The van der Waals surface area contributed by atoms with Crippen molar-refractivity contribution < 1.29 is 14.3 Å². The van der Waals surface area contributed by atoms with Crippen LogP contribution < -0.4 is 10.1 Å². The molecule has 172 valence electrons. The number of nitrogens with zero attached hydrogens (tertiary/aromatic N) is 1. The van der Waals surface area contributed by atoms with Crippen molar-refractivity contribution >= 4 is 35.0 Å². The Kier molecular flexibility index (Phi) is 8.44. The molecule has 2 aromatic rings. The van der Waals surface area contributed by atoms with Crippen LogP contribution >= 0.6 is 23.2 Å². The first kappa shape index (κ1) is 24.4. The van der Waals surface area contributed by atoms with E-state index in [1.54, 1.807) is 25.1 Å². The number of hydrogen-bond acceptors (Lipinski definition) is 3. The normalized spacial score (nSPS) is 14.8. The summed E-state index contributed by atoms with van der Waals surface area (Å²) >= 11 is 12.4. The maximum atomic E-state index is 13.2. The summed E-state index contributed by atoms with van der Waals surface area (Å²) in [6.45, 7) is 5.77. The largest absolute Gasteiger partial charge is 0.484 e. The van der Waals surface area contributed by atoms with Crippen molar-refractivity contribution in [1.29, 1.82) is 0 Å². The minimum Gasteiger partial charge on any atom is -0.484 e. The summed E-state index contributed by atoms with van der Waals surface area (Å²) in [5.74, 6) is 0.166. The summed E-state index contributed by atoms with van der Waals surface area (Å²) < 4.78 is 5.76. The van der Waals surface area contributed by atoms with Gasteiger partial charge in [0.15, 0.2) is 6.61 Å². The molecule has 1 saturated carbocycles. The van der Waals surface area contributed by atoms with Gasteiger partial charge in [0, 0.05) is 22.6 Å². The second kappa shape index (κ2) is 11.1. The summed E-state index contributed by atoms with van der Waals surface area (Å²) in [6.07, 6.45) is 4.19. The Balaban J connectivity index is 1.75. The van der Waals surface area contributed by atoms with Crippen molar-refractivity contribution in [1.82, 2.24) is 10.2 Å². The first-order valence-corrected chi connectivity index (χ1v) is 11.7. The monoisotopic (exact) mass is 476 g/mol. The van der Waals surface area contributed by atoms with Crippen LogP contribution in [0.3, 0.4) is 0 Å². The number of carbonyl (C=O) groups is 2. The Morgan fingerprint density at radius 3 is 2.47 bits per heavy atom. The Morgan fingerprint density at radius 1 is 1.09 bits per heavy atom. The topological polar surface area (TPSA) is 58.6 Å². The Hall–Kier alpha value is -2.24. The molecule has 1 unspecified atom stereocenters. The van der Waals surface area contributed by atoms with E-state index in [1.807, 2.05) is 32.0 Å². The quantitative estimate of drug-likeness (QED) is 0.549. The van der Waals surface area contributed by atoms with E-state index in [0.29, 0.717) is 15.8 Å². The summed E-state index contributed by atoms with van der Waals surface area (Å²) in [6, 6.07) is 10.3. The average Bonchev–Trinajstić information content (AvgIpc) is 3.26. The predicted molar refractivity (Wildman–Crippen MR) is 128 cm³/mol. The number of benzene rings is 2. The third-order valence-electron chi connectivity index (χ3n) is 6.07. The van der Waals surface area contributed by atoms with E-state index in [4.69, 9.17) is 27.9 Å². The van der Waals surface area contributed by atoms with Crippen LogP contribution in [0, 0.1) is 13.8 Å². The van der Waals surface area contributed by atoms with Gasteiger partial charge in [-0.15, -0.1) is 0 Å². The number of rotatable bonds is 8. The molecular formula is C25H30Cl2N2O3. The van der Waals surface area contributed by atoms with E-state index in [2.05, 4.69) is 5.32 Å². The van der Waals surface area contributed by atoms with Crippen LogP contribution in [0.1, 0.15) is 49.3 Å². The van der Waals surface area contributed by atoms with Crippen LogP contribution in [0.25, 0.3) is 0 Å². The first-order chi connectivity index (χ1) is 15.2. The second-order valence-electron chi connectivity index (χ2n) is 8.46. The van der Waals surface area contributed by atoms with E-state index in [9.17, 15) is 9.59 Å². The maximum Gasteiger partial charge on any atom is 0.261 e. The fraction of sp³-hybridized carbons (Fsp3) is 0.440. The molecule has 1 atom stereocenters. The molecule has 32 heavy (non-hydrogen) atoms. The van der Waals surface area contributed by atoms with Crippen LogP contribution in [-0.2, 0) is 16.1 Å². The van der Waals surface area contributed by atoms with Crippen molar-refractivity contribution in [2.45, 2.75) is 65.1 Å². The van der Waals surface area contributed by atoms with Gasteiger partial charge in [0.25, 0.3) is 5.91 Å². The number of carbonyl (C=O) groups excluding carboxylic acids is 2. The molecular weight excluding hydrogens is 447 g/mol. The third-order valence-corrected chi connectivity index (χ3v) is 6.65. The average molecular weight is 477 g/mol. The smallest absolute Gasteiger partial charge is 0.261 e. The molecule has 2 amide bonds. The number of halogens is 2. The molecule has 0 radical (unpaired) electrons. The number of hydrogen-bond donors (Lipinski definition) is 1. The van der Waals surface area contributed by atoms with Crippen molar-refractivity contribution in [2.24, 2.45) is 0 Å². The standard InChI is InChI=1S/C25H30Cl2N2O3/c1-16-8-11-22(12-17(16)2)32-15-24(30)29(14-19-9-10-20(26)13-23(19)27)18(3)25(31)28-21-6-4-5-7-21/h8-13,18,21H,4-7,14-15H2,1-3H3,(H,28,31). The number of ether oxygens (including phenoxy) is 1. The van der Waals surface area contributed by atoms with Crippen molar-refractivity contribution in [2.75, 3.05) is 6.61 Å². The van der Waals surface area contributed by atoms with Crippen LogP contribution in [0.4, 0.5) is 0 Å². The third kappa shape index (κ3) is 6.39. The number of amides is 2. The summed E-state index contributed by atoms with van der Waals surface area (Å²) in [4.78, 5) is 27.6. The van der Waals surface area contributed by atoms with Crippen LogP contribution in [0.2, 0.25) is 10.0 Å². The molecule has 0 aliphatic heterocycles. The Labute approximate surface area is 200 Å². The van der Waals surface area contributed by atoms with E-state index < -0.39 is 6.04 Å². The van der Waals surface area contributed by atoms with Gasteiger partial charge in [-0.1, -0.05) is 48.2 Å². The highest BCUT2D eigenvalue weighted by molar-refractivity contribution is 6.35. The van der Waals surface area contributed by atoms with Crippen molar-refractivity contribution in [3.8, 4) is 5.75 Å². The van der Waals surface area contributed by atoms with Gasteiger partial charge < -0.3 is 15.0 Å². The molecule has 1 aliphatic rings. The van der Waals surface area contributed by atoms with Crippen molar-refractivity contribution in [3.05, 3.63) is 63.1 Å². The fourth-order valence-electron chi connectivity index (χ4n) is 3.84. The lowest BCUT2D eigenvalue weighted by Crippen LogP contribution is -2.50. The van der Waals surface area contributed by atoms with Gasteiger partial charge in [0.05, 0.1) is 0 Å². The van der Waals surface area contributed by atoms with Gasteiger partial charge in [-0.2, -0.15) is 0 Å². The maximum absolute atomic E-state index is 13.2. The molecule has 0 bridgehead atoms. The highest BCUT2D eigenvalue weighted by atomic mass is 35.5. The molecule has 0 aromatic heterocycles. The summed E-state index contributed by atoms with van der Waals surface area (Å²) in [5, 5.41) is 4.05. The fourth-order valence-corrected chi connectivity index (χ4v) is 4.31. The Morgan fingerprint density at radius 2 is 1.81 bits per heavy atom. The minimum atomic E-state index is -0.668. The van der Waals surface area contributed by atoms with Gasteiger partial charge in [0.1, 0.15) is 11.8 Å². The van der Waals surface area contributed by atoms with E-state index in [1.165, 1.54) is 4.90 Å². The molecule has 0 saturated heterocycles. The second-order valence-corrected chi connectivity index (χ2v) is 9.30. The van der Waals surface area contributed by atoms with E-state index in [-0.39, 0.29) is 31.0 Å². The lowest BCUT2D eigenvalue weighted by molar-refractivity contribution is -0.142. The van der Waals surface area contributed by atoms with Gasteiger partial charge in [-0.3, -0.25) is 9.59 Å². The molecule has 1 fully saturated rings. The number of aryl methyl sites for hydroxylation is 2. The molecule has 0 heterocycles. The molecule has 7 heteroatoms. The van der Waals surface area contributed by atoms with Gasteiger partial charge in [0.2, 0.25) is 5.91 Å². The zero-order valence-corrected chi connectivity index (χ0v) is 20.3. The van der Waals surface area contributed by atoms with E-state index in [0.717, 1.165) is 42.4 Å². The number of nitrogens with one attached hydrogen (secondary N) is 1. The highest BCUT2D eigenvalue weighted by Crippen LogP contribution is 2.24. The molecule has 1 N–H and O–H groups in total. The molecule has 0 spiro atoms. The molecule has 1 aliphatic carbocycles. The zero-order valence-electron chi connectivity index (χ0n) is 18.8. The predicted octanol–water partition coefficient (Wildman–Crippen LogP) is 5.47. The summed E-state index contributed by atoms with van der Waals surface area (Å²) in [5.41, 5.74) is 2.96. The van der Waals surface area contributed by atoms with Crippen LogP contribution in [0.15, 0.2) is 36.4 Å². The highest BCUT2D eigenvalue weighted by Gasteiger charge is 2.29. The first-order valence-electron chi connectivity index (χ1n) is 11.0.